The summed E-state index contributed by atoms with van der Waals surface area (Å²) in [6.07, 6.45) is 55.2. The summed E-state index contributed by atoms with van der Waals surface area (Å²) in [5, 5.41) is 33.3. The van der Waals surface area contributed by atoms with E-state index in [4.69, 9.17) is 0 Å². The summed E-state index contributed by atoms with van der Waals surface area (Å²) in [6, 6.07) is -0.740. The Balaban J connectivity index is 3.58. The molecule has 3 atom stereocenters. The van der Waals surface area contributed by atoms with E-state index in [0.717, 1.165) is 25.7 Å². The highest BCUT2D eigenvalue weighted by Gasteiger charge is 2.20. The van der Waals surface area contributed by atoms with E-state index in [0.29, 0.717) is 6.42 Å². The van der Waals surface area contributed by atoms with Gasteiger partial charge in [0.2, 0.25) is 5.91 Å². The number of allylic oxidation sites excluding steroid dienone is 1. The number of amides is 1. The van der Waals surface area contributed by atoms with Crippen LogP contribution in [0.2, 0.25) is 0 Å². The van der Waals surface area contributed by atoms with E-state index in [-0.39, 0.29) is 18.9 Å². The van der Waals surface area contributed by atoms with Gasteiger partial charge in [-0.3, -0.25) is 4.79 Å². The van der Waals surface area contributed by atoms with Crippen LogP contribution in [0.1, 0.15) is 277 Å². The Labute approximate surface area is 344 Å². The zero-order valence-corrected chi connectivity index (χ0v) is 37.3. The summed E-state index contributed by atoms with van der Waals surface area (Å²) >= 11 is 0. The molecule has 0 aromatic carbocycles. The van der Waals surface area contributed by atoms with Crippen LogP contribution in [0.25, 0.3) is 0 Å². The average Bonchev–Trinajstić information content (AvgIpc) is 3.18. The Morgan fingerprint density at radius 2 is 0.745 bits per heavy atom. The molecule has 328 valence electrons. The number of aliphatic hydroxyl groups is 3. The van der Waals surface area contributed by atoms with Crippen molar-refractivity contribution in [1.29, 1.82) is 0 Å². The zero-order valence-electron chi connectivity index (χ0n) is 37.3. The number of carbonyl (C=O) groups excluding carboxylic acids is 1. The van der Waals surface area contributed by atoms with Crippen LogP contribution in [0.4, 0.5) is 0 Å². The molecule has 0 aromatic rings. The third kappa shape index (κ3) is 42.5. The molecule has 0 radical (unpaired) electrons. The van der Waals surface area contributed by atoms with Crippen LogP contribution in [0.5, 0.6) is 0 Å². The van der Waals surface area contributed by atoms with Crippen molar-refractivity contribution in [1.82, 2.24) is 5.32 Å². The number of aliphatic hydroxyl groups excluding tert-OH is 3. The normalized spacial score (nSPS) is 13.5. The van der Waals surface area contributed by atoms with Crippen molar-refractivity contribution in [3.63, 3.8) is 0 Å². The predicted molar refractivity (Wildman–Crippen MR) is 241 cm³/mol. The monoisotopic (exact) mass is 778 g/mol. The lowest BCUT2D eigenvalue weighted by molar-refractivity contribution is -0.124. The van der Waals surface area contributed by atoms with E-state index in [2.05, 4.69) is 19.2 Å². The highest BCUT2D eigenvalue weighted by Crippen LogP contribution is 2.17. The first kappa shape index (κ1) is 54.1. The van der Waals surface area contributed by atoms with Crippen LogP contribution >= 0.6 is 0 Å². The molecular formula is C50H99NO4. The lowest BCUT2D eigenvalue weighted by atomic mass is 10.0. The van der Waals surface area contributed by atoms with Crippen LogP contribution in [0.3, 0.4) is 0 Å². The number of hydrogen-bond donors (Lipinski definition) is 4. The van der Waals surface area contributed by atoms with Crippen molar-refractivity contribution in [2.24, 2.45) is 0 Å². The number of unbranched alkanes of at least 4 members (excludes halogenated alkanes) is 37. The Morgan fingerprint density at radius 3 is 1.05 bits per heavy atom. The standard InChI is InChI=1S/C50H99NO4/c1-3-5-7-9-11-13-15-17-19-21-22-23-24-25-26-27-28-30-32-34-36-38-40-42-44-49(54)48(46-52)51-50(55)45-47(53)43-41-39-37-35-33-31-29-20-18-16-14-12-10-8-6-4-2/h42,44,47-49,52-54H,3-41,43,45-46H2,1-2H3,(H,51,55)/b44-42+. The first-order valence-corrected chi connectivity index (χ1v) is 25.0. The van der Waals surface area contributed by atoms with Gasteiger partial charge in [-0.05, 0) is 19.3 Å². The number of nitrogens with one attached hydrogen (secondary N) is 1. The maximum Gasteiger partial charge on any atom is 0.222 e. The van der Waals surface area contributed by atoms with Crippen LogP contribution in [0.15, 0.2) is 12.2 Å². The summed E-state index contributed by atoms with van der Waals surface area (Å²) in [5.74, 6) is -0.310. The van der Waals surface area contributed by atoms with Gasteiger partial charge in [0.05, 0.1) is 31.3 Å². The molecule has 3 unspecified atom stereocenters. The molecule has 55 heavy (non-hydrogen) atoms. The fraction of sp³-hybridized carbons (Fsp3) is 0.940. The molecule has 0 aliphatic heterocycles. The Morgan fingerprint density at radius 1 is 0.455 bits per heavy atom. The van der Waals surface area contributed by atoms with Crippen LogP contribution in [-0.4, -0.2) is 46.1 Å². The van der Waals surface area contributed by atoms with Gasteiger partial charge in [-0.1, -0.05) is 264 Å². The molecule has 0 bridgehead atoms. The molecule has 0 aromatic heterocycles. The smallest absolute Gasteiger partial charge is 0.222 e. The Hall–Kier alpha value is -0.910. The molecule has 0 spiro atoms. The van der Waals surface area contributed by atoms with Gasteiger partial charge in [-0.2, -0.15) is 0 Å². The highest BCUT2D eigenvalue weighted by molar-refractivity contribution is 5.76. The van der Waals surface area contributed by atoms with Gasteiger partial charge in [0.1, 0.15) is 0 Å². The van der Waals surface area contributed by atoms with E-state index in [1.54, 1.807) is 6.08 Å². The summed E-state index contributed by atoms with van der Waals surface area (Å²) in [7, 11) is 0. The minimum absolute atomic E-state index is 0.0190. The average molecular weight is 778 g/mol. The van der Waals surface area contributed by atoms with E-state index >= 15 is 0 Å². The molecular weight excluding hydrogens is 679 g/mol. The van der Waals surface area contributed by atoms with Gasteiger partial charge < -0.3 is 20.6 Å². The van der Waals surface area contributed by atoms with Crippen molar-refractivity contribution < 1.29 is 20.1 Å². The van der Waals surface area contributed by atoms with Crippen molar-refractivity contribution in [2.45, 2.75) is 295 Å². The largest absolute Gasteiger partial charge is 0.394 e. The van der Waals surface area contributed by atoms with Gasteiger partial charge in [-0.15, -0.1) is 0 Å². The van der Waals surface area contributed by atoms with Gasteiger partial charge in [0.25, 0.3) is 0 Å². The van der Waals surface area contributed by atoms with Crippen molar-refractivity contribution in [2.75, 3.05) is 6.61 Å². The molecule has 5 heteroatoms. The molecule has 0 aliphatic carbocycles. The Bertz CT molecular complexity index is 773. The van der Waals surface area contributed by atoms with E-state index in [1.807, 2.05) is 6.08 Å². The van der Waals surface area contributed by atoms with Crippen molar-refractivity contribution in [3.05, 3.63) is 12.2 Å². The maximum absolute atomic E-state index is 12.5. The summed E-state index contributed by atoms with van der Waals surface area (Å²) in [4.78, 5) is 12.5. The fourth-order valence-corrected chi connectivity index (χ4v) is 7.99. The van der Waals surface area contributed by atoms with Crippen molar-refractivity contribution >= 4 is 5.91 Å². The topological polar surface area (TPSA) is 89.8 Å². The predicted octanol–water partition coefficient (Wildman–Crippen LogP) is 14.8. The molecule has 0 rings (SSSR count). The van der Waals surface area contributed by atoms with Gasteiger partial charge in [-0.25, -0.2) is 0 Å². The molecule has 1 amide bonds. The molecule has 5 nitrogen and oxygen atoms in total. The number of rotatable bonds is 46. The number of carbonyl (C=O) groups is 1. The van der Waals surface area contributed by atoms with Crippen molar-refractivity contribution in [3.8, 4) is 0 Å². The van der Waals surface area contributed by atoms with E-state index in [1.165, 1.54) is 225 Å². The van der Waals surface area contributed by atoms with Gasteiger partial charge in [0, 0.05) is 0 Å². The van der Waals surface area contributed by atoms with Crippen LogP contribution in [0, 0.1) is 0 Å². The molecule has 0 heterocycles. The summed E-state index contributed by atoms with van der Waals surface area (Å²) < 4.78 is 0. The Kier molecular flexibility index (Phi) is 45.0. The maximum atomic E-state index is 12.5. The summed E-state index contributed by atoms with van der Waals surface area (Å²) in [5.41, 5.74) is 0. The second-order valence-corrected chi connectivity index (χ2v) is 17.4. The van der Waals surface area contributed by atoms with Crippen LogP contribution < -0.4 is 5.32 Å². The quantitative estimate of drug-likeness (QED) is 0.0366. The minimum atomic E-state index is -0.925. The second kappa shape index (κ2) is 45.8. The van der Waals surface area contributed by atoms with E-state index < -0.39 is 18.2 Å². The fourth-order valence-electron chi connectivity index (χ4n) is 7.99. The lowest BCUT2D eigenvalue weighted by Gasteiger charge is -2.21. The lowest BCUT2D eigenvalue weighted by Crippen LogP contribution is -2.45. The molecule has 0 saturated carbocycles. The SMILES string of the molecule is CCCCCCCCCCCCCCCCCCCCCCCC/C=C/C(O)C(CO)NC(=O)CC(O)CCCCCCCCCCCCCCCCCC. The zero-order chi connectivity index (χ0) is 40.1. The van der Waals surface area contributed by atoms with E-state index in [9.17, 15) is 20.1 Å². The molecule has 4 N–H and O–H groups in total. The van der Waals surface area contributed by atoms with Crippen LogP contribution in [-0.2, 0) is 4.79 Å². The van der Waals surface area contributed by atoms with Gasteiger partial charge >= 0.3 is 0 Å². The number of hydrogen-bond acceptors (Lipinski definition) is 4. The minimum Gasteiger partial charge on any atom is -0.394 e. The third-order valence-electron chi connectivity index (χ3n) is 11.8. The third-order valence-corrected chi connectivity index (χ3v) is 11.8. The molecule has 0 aliphatic rings. The molecule has 0 saturated heterocycles. The first-order chi connectivity index (χ1) is 27.0. The summed E-state index contributed by atoms with van der Waals surface area (Å²) in [6.45, 7) is 4.24. The van der Waals surface area contributed by atoms with Gasteiger partial charge in [0.15, 0.2) is 0 Å². The first-order valence-electron chi connectivity index (χ1n) is 25.0. The highest BCUT2D eigenvalue weighted by atomic mass is 16.3. The second-order valence-electron chi connectivity index (χ2n) is 17.4. The molecule has 0 fully saturated rings.